The first kappa shape index (κ1) is 20.8. The summed E-state index contributed by atoms with van der Waals surface area (Å²) >= 11 is 1.75. The molecule has 1 aliphatic carbocycles. The molecule has 1 rings (SSSR count). The Labute approximate surface area is 149 Å². The van der Waals surface area contributed by atoms with Crippen LogP contribution in [0.1, 0.15) is 72.6 Å². The van der Waals surface area contributed by atoms with Crippen molar-refractivity contribution in [3.63, 3.8) is 0 Å². The molecule has 0 spiro atoms. The fraction of sp³-hybridized carbons (Fsp3) is 0.842. The zero-order valence-electron chi connectivity index (χ0n) is 16.0. The molecule has 23 heavy (non-hydrogen) atoms. The molecule has 0 aromatic carbocycles. The van der Waals surface area contributed by atoms with Crippen LogP contribution in [0.5, 0.6) is 0 Å². The lowest BCUT2D eigenvalue weighted by atomic mass is 9.79. The Balaban J connectivity index is 2.61. The number of hydrogen-bond donors (Lipinski definition) is 0. The van der Waals surface area contributed by atoms with E-state index in [1.165, 1.54) is 38.5 Å². The number of rotatable bonds is 10. The van der Waals surface area contributed by atoms with E-state index in [9.17, 15) is 4.79 Å². The Morgan fingerprint density at radius 3 is 2.30 bits per heavy atom. The molecule has 1 aliphatic rings. The summed E-state index contributed by atoms with van der Waals surface area (Å²) in [5, 5.41) is 0. The Morgan fingerprint density at radius 1 is 1.13 bits per heavy atom. The van der Waals surface area contributed by atoms with Gasteiger partial charge >= 0.3 is 0 Å². The Morgan fingerprint density at radius 2 is 1.74 bits per heavy atom. The summed E-state index contributed by atoms with van der Waals surface area (Å²) in [7, 11) is -0.833. The minimum absolute atomic E-state index is 0.0881. The van der Waals surface area contributed by atoms with Crippen LogP contribution in [0.15, 0.2) is 10.7 Å². The molecule has 4 heteroatoms. The molecule has 0 saturated carbocycles. The largest absolute Gasteiger partial charge is 0.544 e. The zero-order valence-corrected chi connectivity index (χ0v) is 17.8. The predicted octanol–water partition coefficient (Wildman–Crippen LogP) is 6.19. The summed E-state index contributed by atoms with van der Waals surface area (Å²) in [6.45, 7) is 13.2. The third-order valence-electron chi connectivity index (χ3n) is 4.29. The number of carbonyl (C=O) groups excluding carboxylic acids is 1. The lowest BCUT2D eigenvalue weighted by molar-refractivity contribution is -0.115. The number of thioether (sulfide) groups is 1. The molecule has 0 saturated heterocycles. The Kier molecular flexibility index (Phi) is 8.98. The maximum absolute atomic E-state index is 12.5. The molecule has 1 unspecified atom stereocenters. The van der Waals surface area contributed by atoms with Gasteiger partial charge in [0, 0.05) is 12.3 Å². The van der Waals surface area contributed by atoms with Gasteiger partial charge in [0.25, 0.3) is 9.04 Å². The van der Waals surface area contributed by atoms with E-state index in [1.54, 1.807) is 11.8 Å². The first-order valence-corrected chi connectivity index (χ1v) is 12.5. The molecule has 0 heterocycles. The van der Waals surface area contributed by atoms with Crippen LogP contribution < -0.4 is 0 Å². The number of allylic oxidation sites excluding steroid dienone is 2. The van der Waals surface area contributed by atoms with Crippen molar-refractivity contribution in [2.75, 3.05) is 5.75 Å². The fourth-order valence-electron chi connectivity index (χ4n) is 2.91. The van der Waals surface area contributed by atoms with Crippen LogP contribution in [0.3, 0.4) is 0 Å². The van der Waals surface area contributed by atoms with E-state index in [2.05, 4.69) is 40.8 Å². The van der Waals surface area contributed by atoms with E-state index in [0.717, 1.165) is 16.4 Å². The molecule has 0 aromatic heterocycles. The maximum Gasteiger partial charge on any atom is 0.273 e. The van der Waals surface area contributed by atoms with Crippen LogP contribution in [0, 0.1) is 11.3 Å². The summed E-state index contributed by atoms with van der Waals surface area (Å²) in [6.07, 6.45) is 8.43. The molecule has 1 radical (unpaired) electrons. The van der Waals surface area contributed by atoms with Gasteiger partial charge in [-0.05, 0) is 30.7 Å². The van der Waals surface area contributed by atoms with Crippen LogP contribution >= 0.6 is 11.8 Å². The van der Waals surface area contributed by atoms with Gasteiger partial charge in [-0.25, -0.2) is 0 Å². The third kappa shape index (κ3) is 7.04. The first-order valence-electron chi connectivity index (χ1n) is 9.15. The zero-order chi connectivity index (χ0) is 17.5. The average Bonchev–Trinajstić information content (AvgIpc) is 2.74. The Bertz CT molecular complexity index is 410. The average molecular weight is 356 g/mol. The number of unbranched alkanes of at least 4 members (excludes halogenated alkanes) is 5. The highest BCUT2D eigenvalue weighted by atomic mass is 32.2. The van der Waals surface area contributed by atoms with E-state index in [0.29, 0.717) is 12.2 Å². The van der Waals surface area contributed by atoms with Crippen LogP contribution in [-0.4, -0.2) is 20.6 Å². The predicted molar refractivity (Wildman–Crippen MR) is 104 cm³/mol. The number of ketones is 1. The summed E-state index contributed by atoms with van der Waals surface area (Å²) in [5.74, 6) is 2.62. The SMILES string of the molecule is CCCCCCCCSC1=C(O[Si](C)C)C(C(C)(C)C)CC1=O. The van der Waals surface area contributed by atoms with Crippen molar-refractivity contribution < 1.29 is 9.22 Å². The lowest BCUT2D eigenvalue weighted by Gasteiger charge is -2.29. The highest BCUT2D eigenvalue weighted by Gasteiger charge is 2.40. The second-order valence-electron chi connectivity index (χ2n) is 7.87. The van der Waals surface area contributed by atoms with Gasteiger partial charge < -0.3 is 4.43 Å². The monoisotopic (exact) mass is 355 g/mol. The van der Waals surface area contributed by atoms with Crippen molar-refractivity contribution in [3.05, 3.63) is 10.7 Å². The van der Waals surface area contributed by atoms with E-state index in [1.807, 2.05) is 0 Å². The summed E-state index contributed by atoms with van der Waals surface area (Å²) in [4.78, 5) is 13.4. The van der Waals surface area contributed by atoms with Crippen molar-refractivity contribution in [1.29, 1.82) is 0 Å². The fourth-order valence-corrected chi connectivity index (χ4v) is 4.79. The van der Waals surface area contributed by atoms with Gasteiger partial charge in [-0.3, -0.25) is 4.79 Å². The van der Waals surface area contributed by atoms with Crippen LogP contribution in [0.4, 0.5) is 0 Å². The van der Waals surface area contributed by atoms with Gasteiger partial charge in [-0.1, -0.05) is 59.8 Å². The van der Waals surface area contributed by atoms with Gasteiger partial charge in [0.05, 0.1) is 4.91 Å². The smallest absolute Gasteiger partial charge is 0.273 e. The highest BCUT2D eigenvalue weighted by molar-refractivity contribution is 8.04. The minimum Gasteiger partial charge on any atom is -0.544 e. The third-order valence-corrected chi connectivity index (χ3v) is 6.13. The molecular formula is C19H35O2SSi. The van der Waals surface area contributed by atoms with Crippen molar-refractivity contribution >= 4 is 26.6 Å². The molecule has 0 aliphatic heterocycles. The van der Waals surface area contributed by atoms with E-state index >= 15 is 0 Å². The number of Topliss-reactive ketones (excluding diaryl/α,β-unsaturated/α-hetero) is 1. The van der Waals surface area contributed by atoms with Gasteiger partial charge in [0.15, 0.2) is 5.78 Å². The second-order valence-corrected chi connectivity index (χ2v) is 11.0. The lowest BCUT2D eigenvalue weighted by Crippen LogP contribution is -2.24. The van der Waals surface area contributed by atoms with Crippen LogP contribution in [0.2, 0.25) is 13.1 Å². The molecule has 0 fully saturated rings. The van der Waals surface area contributed by atoms with E-state index < -0.39 is 9.04 Å². The normalized spacial score (nSPS) is 19.1. The summed E-state index contributed by atoms with van der Waals surface area (Å²) in [6, 6.07) is 0. The van der Waals surface area contributed by atoms with Crippen molar-refractivity contribution in [2.45, 2.75) is 85.7 Å². The molecule has 1 atom stereocenters. The first-order chi connectivity index (χ1) is 10.8. The standard InChI is InChI=1S/C19H35O2SSi/c1-7-8-9-10-11-12-13-22-18-16(20)14-15(19(2,3)4)17(18)21-23(5)6/h15H,7-14H2,1-6H3. The second kappa shape index (κ2) is 9.92. The number of carbonyl (C=O) groups is 1. The molecule has 0 bridgehead atoms. The van der Waals surface area contributed by atoms with E-state index in [-0.39, 0.29) is 11.3 Å². The van der Waals surface area contributed by atoms with Crippen molar-refractivity contribution in [3.8, 4) is 0 Å². The molecule has 0 amide bonds. The van der Waals surface area contributed by atoms with Gasteiger partial charge in [0.1, 0.15) is 5.76 Å². The Hall–Kier alpha value is -0.223. The van der Waals surface area contributed by atoms with Crippen LogP contribution in [0.25, 0.3) is 0 Å². The van der Waals surface area contributed by atoms with Gasteiger partial charge in [0.2, 0.25) is 0 Å². The minimum atomic E-state index is -0.833. The van der Waals surface area contributed by atoms with Gasteiger partial charge in [-0.2, -0.15) is 0 Å². The van der Waals surface area contributed by atoms with Crippen LogP contribution in [-0.2, 0) is 9.22 Å². The molecule has 0 aromatic rings. The van der Waals surface area contributed by atoms with E-state index in [4.69, 9.17) is 4.43 Å². The summed E-state index contributed by atoms with van der Waals surface area (Å²) in [5.41, 5.74) is 0.0881. The molecular weight excluding hydrogens is 320 g/mol. The molecule has 0 N–H and O–H groups in total. The molecule has 2 nitrogen and oxygen atoms in total. The quantitative estimate of drug-likeness (QED) is 0.345. The molecule has 133 valence electrons. The topological polar surface area (TPSA) is 26.3 Å². The highest BCUT2D eigenvalue weighted by Crippen LogP contribution is 2.45. The number of hydrogen-bond acceptors (Lipinski definition) is 3. The van der Waals surface area contributed by atoms with Crippen molar-refractivity contribution in [1.82, 2.24) is 0 Å². The van der Waals surface area contributed by atoms with Crippen molar-refractivity contribution in [2.24, 2.45) is 11.3 Å². The maximum atomic E-state index is 12.5. The van der Waals surface area contributed by atoms with Gasteiger partial charge in [-0.15, -0.1) is 11.8 Å². The summed E-state index contributed by atoms with van der Waals surface area (Å²) < 4.78 is 6.18.